The molecule has 1 amide bonds. The van der Waals surface area contributed by atoms with E-state index in [0.717, 1.165) is 16.3 Å². The molecule has 0 aliphatic heterocycles. The zero-order chi connectivity index (χ0) is 16.7. The quantitative estimate of drug-likeness (QED) is 0.592. The summed E-state index contributed by atoms with van der Waals surface area (Å²) in [5.74, 6) is -0.821. The van der Waals surface area contributed by atoms with Crippen molar-refractivity contribution in [3.63, 3.8) is 0 Å². The van der Waals surface area contributed by atoms with Gasteiger partial charge in [-0.05, 0) is 36.8 Å². The van der Waals surface area contributed by atoms with Crippen molar-refractivity contribution in [2.45, 2.75) is 13.3 Å². The fraction of sp³-hybridized carbons (Fsp3) is 0.200. The van der Waals surface area contributed by atoms with Gasteiger partial charge in [0.05, 0.1) is 12.6 Å². The van der Waals surface area contributed by atoms with Crippen LogP contribution in [0.15, 0.2) is 34.7 Å². The Morgan fingerprint density at radius 2 is 2.13 bits per heavy atom. The SMILES string of the molecule is Cc1csc(CC(=O)N/N=C\c2ccc(OCC(=O)O)cc2)n1. The van der Waals surface area contributed by atoms with Crippen molar-refractivity contribution in [3.05, 3.63) is 45.9 Å². The van der Waals surface area contributed by atoms with E-state index in [9.17, 15) is 9.59 Å². The highest BCUT2D eigenvalue weighted by molar-refractivity contribution is 7.09. The minimum absolute atomic E-state index is 0.192. The Kier molecular flexibility index (Phi) is 5.81. The maximum absolute atomic E-state index is 11.7. The summed E-state index contributed by atoms with van der Waals surface area (Å²) < 4.78 is 5.01. The highest BCUT2D eigenvalue weighted by Crippen LogP contribution is 2.11. The summed E-state index contributed by atoms with van der Waals surface area (Å²) in [6.45, 7) is 1.49. The van der Waals surface area contributed by atoms with Gasteiger partial charge in [0.15, 0.2) is 6.61 Å². The summed E-state index contributed by atoms with van der Waals surface area (Å²) in [6.07, 6.45) is 1.68. The number of carboxylic acids is 1. The van der Waals surface area contributed by atoms with Crippen LogP contribution in [0.1, 0.15) is 16.3 Å². The Hall–Kier alpha value is -2.74. The number of aryl methyl sites for hydroxylation is 1. The smallest absolute Gasteiger partial charge is 0.341 e. The third-order valence-electron chi connectivity index (χ3n) is 2.62. The molecule has 0 fully saturated rings. The number of amides is 1. The molecule has 0 saturated heterocycles. The Morgan fingerprint density at radius 3 is 2.74 bits per heavy atom. The van der Waals surface area contributed by atoms with E-state index < -0.39 is 5.97 Å². The van der Waals surface area contributed by atoms with Crippen molar-refractivity contribution < 1.29 is 19.4 Å². The molecule has 0 unspecified atom stereocenters. The molecule has 0 aliphatic rings. The molecule has 1 heterocycles. The van der Waals surface area contributed by atoms with E-state index in [1.165, 1.54) is 17.6 Å². The van der Waals surface area contributed by atoms with Crippen LogP contribution in [0.4, 0.5) is 0 Å². The van der Waals surface area contributed by atoms with Gasteiger partial charge in [0.2, 0.25) is 5.91 Å². The number of hydrogen-bond acceptors (Lipinski definition) is 6. The predicted octanol–water partition coefficient (Wildman–Crippen LogP) is 1.61. The maximum atomic E-state index is 11.7. The number of carbonyl (C=O) groups is 2. The van der Waals surface area contributed by atoms with E-state index >= 15 is 0 Å². The minimum atomic E-state index is -1.03. The van der Waals surface area contributed by atoms with Crippen molar-refractivity contribution >= 4 is 29.4 Å². The second-order valence-electron chi connectivity index (χ2n) is 4.60. The van der Waals surface area contributed by atoms with E-state index in [1.807, 2.05) is 12.3 Å². The molecule has 0 aliphatic carbocycles. The lowest BCUT2D eigenvalue weighted by Gasteiger charge is -2.02. The van der Waals surface area contributed by atoms with Gasteiger partial charge in [-0.2, -0.15) is 5.10 Å². The Balaban J connectivity index is 1.80. The zero-order valence-electron chi connectivity index (χ0n) is 12.4. The van der Waals surface area contributed by atoms with Crippen molar-refractivity contribution in [2.75, 3.05) is 6.61 Å². The second kappa shape index (κ2) is 8.04. The maximum Gasteiger partial charge on any atom is 0.341 e. The van der Waals surface area contributed by atoms with Gasteiger partial charge >= 0.3 is 5.97 Å². The van der Waals surface area contributed by atoms with E-state index in [4.69, 9.17) is 9.84 Å². The molecule has 0 atom stereocenters. The first kappa shape index (κ1) is 16.6. The van der Waals surface area contributed by atoms with Gasteiger partial charge in [-0.25, -0.2) is 15.2 Å². The Morgan fingerprint density at radius 1 is 1.39 bits per heavy atom. The molecule has 0 spiro atoms. The lowest BCUT2D eigenvalue weighted by molar-refractivity contribution is -0.139. The van der Waals surface area contributed by atoms with Gasteiger partial charge in [-0.1, -0.05) is 0 Å². The van der Waals surface area contributed by atoms with Gasteiger partial charge in [0, 0.05) is 11.1 Å². The molecule has 0 saturated carbocycles. The molecule has 120 valence electrons. The summed E-state index contributed by atoms with van der Waals surface area (Å²) in [5.41, 5.74) is 4.07. The average molecular weight is 333 g/mol. The third kappa shape index (κ3) is 5.87. The number of aromatic nitrogens is 1. The molecule has 2 rings (SSSR count). The van der Waals surface area contributed by atoms with Crippen LogP contribution in [-0.4, -0.2) is 34.8 Å². The van der Waals surface area contributed by atoms with E-state index in [2.05, 4.69) is 15.5 Å². The number of aliphatic carboxylic acids is 1. The number of benzene rings is 1. The highest BCUT2D eigenvalue weighted by atomic mass is 32.1. The Labute approximate surface area is 136 Å². The number of nitrogens with zero attached hydrogens (tertiary/aromatic N) is 2. The molecular weight excluding hydrogens is 318 g/mol. The van der Waals surface area contributed by atoms with Crippen LogP contribution in [0.3, 0.4) is 0 Å². The van der Waals surface area contributed by atoms with Crippen molar-refractivity contribution in [1.82, 2.24) is 10.4 Å². The normalized spacial score (nSPS) is 10.7. The number of carboxylic acid groups (broad SMARTS) is 1. The summed E-state index contributed by atoms with van der Waals surface area (Å²) >= 11 is 1.44. The summed E-state index contributed by atoms with van der Waals surface area (Å²) in [5, 5.41) is 15.0. The van der Waals surface area contributed by atoms with Crippen molar-refractivity contribution in [2.24, 2.45) is 5.10 Å². The number of carbonyl (C=O) groups excluding carboxylic acids is 1. The van der Waals surface area contributed by atoms with Gasteiger partial charge in [-0.15, -0.1) is 11.3 Å². The molecule has 8 heteroatoms. The molecule has 1 aromatic heterocycles. The monoisotopic (exact) mass is 333 g/mol. The molecule has 0 bridgehead atoms. The first-order valence-electron chi connectivity index (χ1n) is 6.70. The number of hydrogen-bond donors (Lipinski definition) is 2. The van der Waals surface area contributed by atoms with Gasteiger partial charge in [0.1, 0.15) is 10.8 Å². The van der Waals surface area contributed by atoms with E-state index in [1.54, 1.807) is 24.3 Å². The number of rotatable bonds is 7. The van der Waals surface area contributed by atoms with Gasteiger partial charge in [0.25, 0.3) is 0 Å². The van der Waals surface area contributed by atoms with Crippen LogP contribution in [0, 0.1) is 6.92 Å². The third-order valence-corrected chi connectivity index (χ3v) is 3.59. The van der Waals surface area contributed by atoms with Crippen LogP contribution in [0.2, 0.25) is 0 Å². The zero-order valence-corrected chi connectivity index (χ0v) is 13.2. The number of hydrazone groups is 1. The molecule has 2 N–H and O–H groups in total. The van der Waals surface area contributed by atoms with E-state index in [-0.39, 0.29) is 18.9 Å². The number of ether oxygens (including phenoxy) is 1. The lowest BCUT2D eigenvalue weighted by Crippen LogP contribution is -2.19. The second-order valence-corrected chi connectivity index (χ2v) is 5.55. The van der Waals surface area contributed by atoms with Crippen molar-refractivity contribution in [3.8, 4) is 5.75 Å². The average Bonchev–Trinajstić information content (AvgIpc) is 2.91. The fourth-order valence-electron chi connectivity index (χ4n) is 1.63. The molecule has 1 aromatic carbocycles. The number of nitrogens with one attached hydrogen (secondary N) is 1. The van der Waals surface area contributed by atoms with Crippen LogP contribution >= 0.6 is 11.3 Å². The summed E-state index contributed by atoms with van der Waals surface area (Å²) in [6, 6.07) is 6.67. The van der Waals surface area contributed by atoms with E-state index in [0.29, 0.717) is 5.75 Å². The summed E-state index contributed by atoms with van der Waals surface area (Å²) in [4.78, 5) is 26.3. The highest BCUT2D eigenvalue weighted by Gasteiger charge is 2.05. The topological polar surface area (TPSA) is 101 Å². The first-order valence-corrected chi connectivity index (χ1v) is 7.58. The number of thiazole rings is 1. The minimum Gasteiger partial charge on any atom is -0.482 e. The predicted molar refractivity (Wildman–Crippen MR) is 85.9 cm³/mol. The van der Waals surface area contributed by atoms with Crippen LogP contribution < -0.4 is 10.2 Å². The van der Waals surface area contributed by atoms with Gasteiger partial charge in [-0.3, -0.25) is 4.79 Å². The Bertz CT molecular complexity index is 710. The standard InChI is InChI=1S/C15H15N3O4S/c1-10-9-23-14(17-10)6-13(19)18-16-7-11-2-4-12(5-3-11)22-8-15(20)21/h2-5,7,9H,6,8H2,1H3,(H,18,19)(H,20,21)/b16-7-. The molecule has 2 aromatic rings. The van der Waals surface area contributed by atoms with Crippen LogP contribution in [0.5, 0.6) is 5.75 Å². The lowest BCUT2D eigenvalue weighted by atomic mass is 10.2. The van der Waals surface area contributed by atoms with Crippen LogP contribution in [-0.2, 0) is 16.0 Å². The summed E-state index contributed by atoms with van der Waals surface area (Å²) in [7, 11) is 0. The largest absolute Gasteiger partial charge is 0.482 e. The molecule has 7 nitrogen and oxygen atoms in total. The first-order chi connectivity index (χ1) is 11.0. The fourth-order valence-corrected chi connectivity index (χ4v) is 2.41. The van der Waals surface area contributed by atoms with Gasteiger partial charge < -0.3 is 9.84 Å². The molecule has 0 radical (unpaired) electrons. The van der Waals surface area contributed by atoms with Crippen molar-refractivity contribution in [1.29, 1.82) is 0 Å². The molecular formula is C15H15N3O4S. The molecule has 23 heavy (non-hydrogen) atoms. The van der Waals surface area contributed by atoms with Crippen LogP contribution in [0.25, 0.3) is 0 Å².